The van der Waals surface area contributed by atoms with Gasteiger partial charge in [0.05, 0.1) is 11.4 Å². The van der Waals surface area contributed by atoms with E-state index in [1.54, 1.807) is 0 Å². The second-order valence-corrected chi connectivity index (χ2v) is 5.03. The largest absolute Gasteiger partial charge is 0.368 e. The highest BCUT2D eigenvalue weighted by Crippen LogP contribution is 2.32. The molecule has 0 fully saturated rings. The van der Waals surface area contributed by atoms with Gasteiger partial charge < -0.3 is 15.5 Å². The molecular formula is C15H23N3O. The monoisotopic (exact) mass is 261 g/mol. The number of fused-ring (bicyclic) bond motifs is 1. The number of anilines is 2. The number of para-hydroxylation sites is 2. The predicted molar refractivity (Wildman–Crippen MR) is 79.6 cm³/mol. The average molecular weight is 261 g/mol. The number of amides is 1. The van der Waals surface area contributed by atoms with Crippen molar-refractivity contribution >= 4 is 17.3 Å². The van der Waals surface area contributed by atoms with Gasteiger partial charge in [-0.1, -0.05) is 26.0 Å². The summed E-state index contributed by atoms with van der Waals surface area (Å²) >= 11 is 0. The smallest absolute Gasteiger partial charge is 0.245 e. The van der Waals surface area contributed by atoms with Crippen molar-refractivity contribution in [3.05, 3.63) is 24.3 Å². The summed E-state index contributed by atoms with van der Waals surface area (Å²) in [6.07, 6.45) is 1.98. The van der Waals surface area contributed by atoms with E-state index in [9.17, 15) is 4.79 Å². The lowest BCUT2D eigenvalue weighted by atomic mass is 10.2. The van der Waals surface area contributed by atoms with Gasteiger partial charge in [-0.25, -0.2) is 0 Å². The summed E-state index contributed by atoms with van der Waals surface area (Å²) < 4.78 is 0. The van der Waals surface area contributed by atoms with E-state index in [0.717, 1.165) is 37.3 Å². The zero-order valence-corrected chi connectivity index (χ0v) is 11.8. The summed E-state index contributed by atoms with van der Waals surface area (Å²) in [5, 5.41) is 0. The average Bonchev–Trinajstić information content (AvgIpc) is 2.51. The first-order chi connectivity index (χ1) is 9.19. The molecule has 0 saturated carbocycles. The van der Waals surface area contributed by atoms with Gasteiger partial charge in [-0.3, -0.25) is 4.79 Å². The number of carbonyl (C=O) groups is 1. The van der Waals surface area contributed by atoms with Crippen LogP contribution in [-0.2, 0) is 4.79 Å². The van der Waals surface area contributed by atoms with Crippen LogP contribution in [0.5, 0.6) is 0 Å². The normalized spacial score (nSPS) is 19.3. The van der Waals surface area contributed by atoms with Gasteiger partial charge in [0.25, 0.3) is 0 Å². The standard InChI is InChI=1S/C15H23N3O/c1-3-9-17-11-12(16)15(19)18(10-4-2)14-8-6-5-7-13(14)17/h5-8,12H,3-4,9-11,16H2,1-2H3. The van der Waals surface area contributed by atoms with E-state index in [1.807, 2.05) is 23.1 Å². The molecule has 1 aliphatic heterocycles. The van der Waals surface area contributed by atoms with Crippen molar-refractivity contribution in [3.8, 4) is 0 Å². The van der Waals surface area contributed by atoms with Crippen molar-refractivity contribution in [1.82, 2.24) is 0 Å². The van der Waals surface area contributed by atoms with Gasteiger partial charge in [0.1, 0.15) is 6.04 Å². The second-order valence-electron chi connectivity index (χ2n) is 5.03. The number of nitrogens with two attached hydrogens (primary N) is 1. The number of benzene rings is 1. The molecule has 1 atom stereocenters. The number of hydrogen-bond donors (Lipinski definition) is 1. The molecule has 2 rings (SSSR count). The number of hydrogen-bond acceptors (Lipinski definition) is 3. The van der Waals surface area contributed by atoms with Crippen LogP contribution in [0.1, 0.15) is 26.7 Å². The van der Waals surface area contributed by atoms with Crippen LogP contribution in [0.15, 0.2) is 24.3 Å². The fraction of sp³-hybridized carbons (Fsp3) is 0.533. The minimum Gasteiger partial charge on any atom is -0.368 e. The summed E-state index contributed by atoms with van der Waals surface area (Å²) in [5.74, 6) is 0.0351. The molecule has 1 amide bonds. The van der Waals surface area contributed by atoms with E-state index >= 15 is 0 Å². The van der Waals surface area contributed by atoms with Crippen molar-refractivity contribution < 1.29 is 4.79 Å². The van der Waals surface area contributed by atoms with Crippen LogP contribution in [0.3, 0.4) is 0 Å². The number of nitrogens with zero attached hydrogens (tertiary/aromatic N) is 2. The molecule has 104 valence electrons. The molecule has 1 aliphatic rings. The SMILES string of the molecule is CCCN1CC(N)C(=O)N(CCC)c2ccccc21. The molecule has 1 heterocycles. The quantitative estimate of drug-likeness (QED) is 0.901. The van der Waals surface area contributed by atoms with Gasteiger partial charge in [-0.2, -0.15) is 0 Å². The van der Waals surface area contributed by atoms with Crippen molar-refractivity contribution in [2.75, 3.05) is 29.4 Å². The van der Waals surface area contributed by atoms with E-state index in [-0.39, 0.29) is 5.91 Å². The minimum atomic E-state index is -0.439. The molecule has 2 N–H and O–H groups in total. The molecule has 19 heavy (non-hydrogen) atoms. The maximum atomic E-state index is 12.4. The van der Waals surface area contributed by atoms with E-state index in [0.29, 0.717) is 6.54 Å². The highest BCUT2D eigenvalue weighted by atomic mass is 16.2. The lowest BCUT2D eigenvalue weighted by Crippen LogP contribution is -2.47. The highest BCUT2D eigenvalue weighted by molar-refractivity contribution is 6.01. The van der Waals surface area contributed by atoms with Crippen LogP contribution >= 0.6 is 0 Å². The molecule has 0 bridgehead atoms. The van der Waals surface area contributed by atoms with E-state index in [4.69, 9.17) is 5.73 Å². The van der Waals surface area contributed by atoms with E-state index in [2.05, 4.69) is 24.8 Å². The first-order valence-corrected chi connectivity index (χ1v) is 7.10. The molecule has 1 aromatic rings. The fourth-order valence-electron chi connectivity index (χ4n) is 2.63. The molecule has 0 saturated heterocycles. The molecule has 0 spiro atoms. The summed E-state index contributed by atoms with van der Waals surface area (Å²) in [6, 6.07) is 7.66. The number of carbonyl (C=O) groups excluding carboxylic acids is 1. The van der Waals surface area contributed by atoms with Crippen LogP contribution in [0.2, 0.25) is 0 Å². The molecule has 1 unspecified atom stereocenters. The molecule has 0 aliphatic carbocycles. The third-order valence-corrected chi connectivity index (χ3v) is 3.45. The van der Waals surface area contributed by atoms with Crippen molar-refractivity contribution in [3.63, 3.8) is 0 Å². The summed E-state index contributed by atoms with van der Waals surface area (Å²) in [7, 11) is 0. The molecule has 0 radical (unpaired) electrons. The maximum absolute atomic E-state index is 12.4. The Kier molecular flexibility index (Phi) is 4.43. The van der Waals surface area contributed by atoms with Crippen LogP contribution in [-0.4, -0.2) is 31.6 Å². The Morgan fingerprint density at radius 1 is 1.16 bits per heavy atom. The summed E-state index contributed by atoms with van der Waals surface area (Å²) in [6.45, 7) is 6.48. The Bertz CT molecular complexity index is 447. The minimum absolute atomic E-state index is 0.0351. The van der Waals surface area contributed by atoms with Crippen LogP contribution in [0.4, 0.5) is 11.4 Å². The van der Waals surface area contributed by atoms with Crippen molar-refractivity contribution in [2.24, 2.45) is 5.73 Å². The van der Waals surface area contributed by atoms with E-state index in [1.165, 1.54) is 0 Å². The van der Waals surface area contributed by atoms with Crippen molar-refractivity contribution in [2.45, 2.75) is 32.7 Å². The lowest BCUT2D eigenvalue weighted by molar-refractivity contribution is -0.119. The van der Waals surface area contributed by atoms with Gasteiger partial charge in [0, 0.05) is 19.6 Å². The van der Waals surface area contributed by atoms with Crippen LogP contribution in [0, 0.1) is 0 Å². The number of rotatable bonds is 4. The lowest BCUT2D eigenvalue weighted by Gasteiger charge is -2.26. The molecule has 0 aromatic heterocycles. The Morgan fingerprint density at radius 3 is 2.42 bits per heavy atom. The first-order valence-electron chi connectivity index (χ1n) is 7.10. The fourth-order valence-corrected chi connectivity index (χ4v) is 2.63. The molecule has 4 nitrogen and oxygen atoms in total. The van der Waals surface area contributed by atoms with Gasteiger partial charge in [0.15, 0.2) is 0 Å². The highest BCUT2D eigenvalue weighted by Gasteiger charge is 2.30. The maximum Gasteiger partial charge on any atom is 0.245 e. The Balaban J connectivity index is 2.45. The zero-order valence-electron chi connectivity index (χ0n) is 11.8. The van der Waals surface area contributed by atoms with Crippen LogP contribution in [0.25, 0.3) is 0 Å². The van der Waals surface area contributed by atoms with Gasteiger partial charge in [0.2, 0.25) is 5.91 Å². The zero-order chi connectivity index (χ0) is 13.8. The van der Waals surface area contributed by atoms with Crippen LogP contribution < -0.4 is 15.5 Å². The van der Waals surface area contributed by atoms with Gasteiger partial charge in [-0.05, 0) is 25.0 Å². The predicted octanol–water partition coefficient (Wildman–Crippen LogP) is 1.99. The summed E-state index contributed by atoms with van der Waals surface area (Å²) in [5.41, 5.74) is 8.19. The molecular weight excluding hydrogens is 238 g/mol. The molecule has 1 aromatic carbocycles. The van der Waals surface area contributed by atoms with Crippen molar-refractivity contribution in [1.29, 1.82) is 0 Å². The Morgan fingerprint density at radius 2 is 1.79 bits per heavy atom. The Hall–Kier alpha value is -1.55. The molecule has 4 heteroatoms. The van der Waals surface area contributed by atoms with E-state index < -0.39 is 6.04 Å². The third kappa shape index (κ3) is 2.73. The van der Waals surface area contributed by atoms with Gasteiger partial charge in [-0.15, -0.1) is 0 Å². The Labute approximate surface area is 115 Å². The summed E-state index contributed by atoms with van der Waals surface area (Å²) in [4.78, 5) is 16.5. The van der Waals surface area contributed by atoms with Gasteiger partial charge >= 0.3 is 0 Å². The topological polar surface area (TPSA) is 49.6 Å². The third-order valence-electron chi connectivity index (χ3n) is 3.45. The first kappa shape index (κ1) is 13.9. The second kappa shape index (κ2) is 6.06.